The van der Waals surface area contributed by atoms with Crippen molar-refractivity contribution in [2.45, 2.75) is 25.5 Å². The molecule has 3 aromatic rings. The average Bonchev–Trinajstić information content (AvgIpc) is 3.29. The van der Waals surface area contributed by atoms with Crippen LogP contribution < -0.4 is 10.2 Å². The maximum absolute atomic E-state index is 13.6. The first-order chi connectivity index (χ1) is 19.9. The zero-order valence-electron chi connectivity index (χ0n) is 22.5. The quantitative estimate of drug-likeness (QED) is 0.214. The molecular weight excluding hydrogens is 542 g/mol. The number of para-hydroxylation sites is 1. The zero-order chi connectivity index (χ0) is 29.4. The summed E-state index contributed by atoms with van der Waals surface area (Å²) in [5.41, 5.74) is 2.22. The summed E-state index contributed by atoms with van der Waals surface area (Å²) in [4.78, 5) is 52.2. The van der Waals surface area contributed by atoms with Crippen LogP contribution in [0.2, 0.25) is 0 Å². The van der Waals surface area contributed by atoms with E-state index in [9.17, 15) is 24.4 Å². The zero-order valence-corrected chi connectivity index (χ0v) is 23.3. The van der Waals surface area contributed by atoms with Crippen LogP contribution in [0, 0.1) is 11.3 Å². The second-order valence-electron chi connectivity index (χ2n) is 8.78. The number of benzene rings is 3. The van der Waals surface area contributed by atoms with Gasteiger partial charge in [-0.3, -0.25) is 14.5 Å². The number of nitrogens with one attached hydrogen (secondary N) is 1. The summed E-state index contributed by atoms with van der Waals surface area (Å²) in [5, 5.41) is 12.3. The molecule has 9 nitrogen and oxygen atoms in total. The summed E-state index contributed by atoms with van der Waals surface area (Å²) in [7, 11) is 0. The van der Waals surface area contributed by atoms with Crippen molar-refractivity contribution in [1.82, 2.24) is 0 Å². The fourth-order valence-corrected chi connectivity index (χ4v) is 5.41. The third-order valence-electron chi connectivity index (χ3n) is 6.06. The Hall–Kier alpha value is -4.88. The van der Waals surface area contributed by atoms with Gasteiger partial charge >= 0.3 is 11.9 Å². The molecule has 1 fully saturated rings. The Morgan fingerprint density at radius 2 is 1.44 bits per heavy atom. The van der Waals surface area contributed by atoms with Crippen molar-refractivity contribution in [3.8, 4) is 6.07 Å². The fraction of sp³-hybridized carbons (Fsp3) is 0.194. The largest absolute Gasteiger partial charge is 0.462 e. The first-order valence-electron chi connectivity index (χ1n) is 12.9. The van der Waals surface area contributed by atoms with E-state index in [1.807, 2.05) is 6.07 Å². The van der Waals surface area contributed by atoms with Gasteiger partial charge in [0, 0.05) is 11.4 Å². The topological polar surface area (TPSA) is 126 Å². The number of thioether (sulfide) groups is 1. The van der Waals surface area contributed by atoms with Crippen molar-refractivity contribution in [2.75, 3.05) is 23.4 Å². The van der Waals surface area contributed by atoms with Crippen LogP contribution in [-0.2, 0) is 25.5 Å². The van der Waals surface area contributed by atoms with E-state index in [0.29, 0.717) is 28.9 Å². The Balaban J connectivity index is 1.60. The number of carbonyl (C=O) groups excluding carboxylic acids is 4. The number of esters is 2. The number of nitrogens with zero attached hydrogens (tertiary/aromatic N) is 2. The molecule has 0 unspecified atom stereocenters. The van der Waals surface area contributed by atoms with Crippen LogP contribution in [0.25, 0.3) is 0 Å². The van der Waals surface area contributed by atoms with Gasteiger partial charge in [-0.25, -0.2) is 9.59 Å². The number of hydrogen-bond acceptors (Lipinski definition) is 8. The Morgan fingerprint density at radius 1 is 0.878 bits per heavy atom. The van der Waals surface area contributed by atoms with Gasteiger partial charge in [-0.05, 0) is 74.4 Å². The molecule has 10 heteroatoms. The molecule has 0 bridgehead atoms. The van der Waals surface area contributed by atoms with Crippen LogP contribution in [0.5, 0.6) is 0 Å². The Bertz CT molecular complexity index is 1510. The summed E-state index contributed by atoms with van der Waals surface area (Å²) >= 11 is 1.14. The molecule has 0 spiro atoms. The molecule has 0 aliphatic carbocycles. The van der Waals surface area contributed by atoms with Gasteiger partial charge < -0.3 is 14.8 Å². The normalized spacial score (nSPS) is 15.6. The fourth-order valence-electron chi connectivity index (χ4n) is 4.10. The molecule has 1 aliphatic rings. The lowest BCUT2D eigenvalue weighted by molar-refractivity contribution is -0.117. The molecule has 0 radical (unpaired) electrons. The van der Waals surface area contributed by atoms with Gasteiger partial charge in [0.2, 0.25) is 5.91 Å². The van der Waals surface area contributed by atoms with E-state index < -0.39 is 23.1 Å². The van der Waals surface area contributed by atoms with E-state index in [2.05, 4.69) is 5.32 Å². The van der Waals surface area contributed by atoms with Gasteiger partial charge in [0.25, 0.3) is 5.91 Å². The average molecular weight is 570 g/mol. The summed E-state index contributed by atoms with van der Waals surface area (Å²) in [6.07, 6.45) is 0.315. The molecule has 1 atom stereocenters. The van der Waals surface area contributed by atoms with Gasteiger partial charge in [-0.2, -0.15) is 5.26 Å². The van der Waals surface area contributed by atoms with E-state index in [0.717, 1.165) is 17.3 Å². The highest BCUT2D eigenvalue weighted by atomic mass is 32.2. The molecule has 2 amide bonds. The van der Waals surface area contributed by atoms with Crippen LogP contribution in [0.3, 0.4) is 0 Å². The number of carbonyl (C=O) groups is 4. The van der Waals surface area contributed by atoms with Crippen LogP contribution in [0.4, 0.5) is 11.4 Å². The van der Waals surface area contributed by atoms with Gasteiger partial charge in [0.05, 0.1) is 29.6 Å². The first kappa shape index (κ1) is 29.1. The minimum Gasteiger partial charge on any atom is -0.462 e. The van der Waals surface area contributed by atoms with Crippen LogP contribution in [0.15, 0.2) is 89.5 Å². The van der Waals surface area contributed by atoms with Crippen molar-refractivity contribution in [1.29, 1.82) is 5.26 Å². The van der Waals surface area contributed by atoms with Crippen molar-refractivity contribution in [2.24, 2.45) is 0 Å². The highest BCUT2D eigenvalue weighted by Crippen LogP contribution is 2.42. The molecule has 1 saturated heterocycles. The second-order valence-corrected chi connectivity index (χ2v) is 9.97. The van der Waals surface area contributed by atoms with Gasteiger partial charge in [-0.1, -0.05) is 42.1 Å². The molecule has 0 aromatic heterocycles. The van der Waals surface area contributed by atoms with E-state index in [1.165, 1.54) is 29.2 Å². The van der Waals surface area contributed by atoms with Crippen LogP contribution in [0.1, 0.15) is 40.1 Å². The van der Waals surface area contributed by atoms with Gasteiger partial charge in [0.1, 0.15) is 16.7 Å². The van der Waals surface area contributed by atoms with Crippen molar-refractivity contribution in [3.63, 3.8) is 0 Å². The Kier molecular flexibility index (Phi) is 9.55. The first-order valence-corrected chi connectivity index (χ1v) is 13.8. The molecule has 1 N–H and O–H groups in total. The third kappa shape index (κ3) is 6.83. The minimum absolute atomic E-state index is 0.220. The summed E-state index contributed by atoms with van der Waals surface area (Å²) in [6, 6.07) is 23.7. The number of anilines is 2. The lowest BCUT2D eigenvalue weighted by Gasteiger charge is -2.18. The number of amides is 2. The van der Waals surface area contributed by atoms with Crippen LogP contribution in [-0.4, -0.2) is 42.2 Å². The smallest absolute Gasteiger partial charge is 0.338 e. The van der Waals surface area contributed by atoms with E-state index in [-0.39, 0.29) is 29.7 Å². The molecule has 0 saturated carbocycles. The van der Waals surface area contributed by atoms with Gasteiger partial charge in [-0.15, -0.1) is 0 Å². The van der Waals surface area contributed by atoms with Crippen molar-refractivity contribution in [3.05, 3.63) is 106 Å². The van der Waals surface area contributed by atoms with Gasteiger partial charge in [0.15, 0.2) is 0 Å². The Labute approximate surface area is 241 Å². The lowest BCUT2D eigenvalue weighted by Crippen LogP contribution is -2.30. The Morgan fingerprint density at radius 3 is 1.98 bits per heavy atom. The summed E-state index contributed by atoms with van der Waals surface area (Å²) < 4.78 is 10.0. The molecule has 41 heavy (non-hydrogen) atoms. The molecule has 1 aliphatic heterocycles. The summed E-state index contributed by atoms with van der Waals surface area (Å²) in [6.45, 7) is 3.95. The highest BCUT2D eigenvalue weighted by molar-refractivity contribution is 8.05. The highest BCUT2D eigenvalue weighted by Gasteiger charge is 2.40. The molecular formula is C31H27N3O6S. The minimum atomic E-state index is -0.688. The number of ether oxygens (including phenoxy) is 2. The van der Waals surface area contributed by atoms with E-state index in [4.69, 9.17) is 9.47 Å². The maximum Gasteiger partial charge on any atom is 0.338 e. The molecule has 4 rings (SSSR count). The number of nitriles is 1. The lowest BCUT2D eigenvalue weighted by atomic mass is 10.1. The molecule has 1 heterocycles. The third-order valence-corrected chi connectivity index (χ3v) is 7.32. The van der Waals surface area contributed by atoms with Crippen molar-refractivity contribution >= 4 is 46.9 Å². The predicted molar refractivity (Wildman–Crippen MR) is 155 cm³/mol. The molecule has 208 valence electrons. The standard InChI is InChI=1S/C31H27N3O6S/c1-3-39-30(37)21-12-10-20(11-13-21)18-26-28(36)34(24-8-6-5-7-9-24)29(41-26)25(19-32)27(35)33-23-16-14-22(15-17-23)31(38)40-4-2/h5-17,26H,3-4,18H2,1-2H3,(H,33,35)/b29-25-/t26-/m1/s1. The predicted octanol–water partition coefficient (Wildman–Crippen LogP) is 5.10. The number of hydrogen-bond donors (Lipinski definition) is 1. The van der Waals surface area contributed by atoms with E-state index >= 15 is 0 Å². The van der Waals surface area contributed by atoms with E-state index in [1.54, 1.807) is 68.4 Å². The molecule has 3 aromatic carbocycles. The van der Waals surface area contributed by atoms with Crippen LogP contribution >= 0.6 is 11.8 Å². The van der Waals surface area contributed by atoms with Crippen molar-refractivity contribution < 1.29 is 28.7 Å². The maximum atomic E-state index is 13.6. The number of rotatable bonds is 9. The second kappa shape index (κ2) is 13.5. The SMILES string of the molecule is CCOC(=O)c1ccc(C[C@H]2S/C(=C(/C#N)C(=O)Nc3ccc(C(=O)OCC)cc3)N(c3ccccc3)C2=O)cc1. The monoisotopic (exact) mass is 569 g/mol. The summed E-state index contributed by atoms with van der Waals surface area (Å²) in [5.74, 6) is -1.87.